The van der Waals surface area contributed by atoms with E-state index in [0.29, 0.717) is 28.4 Å². The molecule has 1 saturated heterocycles. The predicted octanol–water partition coefficient (Wildman–Crippen LogP) is 2.78. The van der Waals surface area contributed by atoms with Gasteiger partial charge in [0.2, 0.25) is 0 Å². The lowest BCUT2D eigenvalue weighted by molar-refractivity contribution is 0.0221. The van der Waals surface area contributed by atoms with E-state index < -0.39 is 6.10 Å². The molecule has 1 aromatic rings. The standard InChI is InChI=1S/C18H28Cl2N2O3/c1-14(2)22(6-5-21-7-9-24-10-8-21)12-16(23)13-25-18-4-3-15(19)11-17(18)20/h3-4,11,14,16,23H,5-10,12-13H2,1-2H3. The third-order valence-electron chi connectivity index (χ3n) is 4.31. The number of hydrogen-bond acceptors (Lipinski definition) is 5. The van der Waals surface area contributed by atoms with E-state index in [4.69, 9.17) is 32.7 Å². The first-order valence-electron chi connectivity index (χ1n) is 8.75. The van der Waals surface area contributed by atoms with E-state index in [2.05, 4.69) is 23.6 Å². The van der Waals surface area contributed by atoms with Crippen LogP contribution in [0, 0.1) is 0 Å². The minimum Gasteiger partial charge on any atom is -0.489 e. The van der Waals surface area contributed by atoms with Gasteiger partial charge in [-0.1, -0.05) is 23.2 Å². The smallest absolute Gasteiger partial charge is 0.138 e. The van der Waals surface area contributed by atoms with E-state index in [1.807, 2.05) is 0 Å². The molecule has 1 aromatic carbocycles. The first-order chi connectivity index (χ1) is 12.0. The van der Waals surface area contributed by atoms with Crippen molar-refractivity contribution in [3.8, 4) is 5.75 Å². The number of halogens is 2. The monoisotopic (exact) mass is 390 g/mol. The maximum atomic E-state index is 10.3. The zero-order chi connectivity index (χ0) is 18.2. The Morgan fingerprint density at radius 3 is 2.64 bits per heavy atom. The van der Waals surface area contributed by atoms with Crippen molar-refractivity contribution in [2.24, 2.45) is 0 Å². The average Bonchev–Trinajstić information content (AvgIpc) is 2.58. The highest BCUT2D eigenvalue weighted by Crippen LogP contribution is 2.27. The molecule has 1 aliphatic heterocycles. The molecule has 1 atom stereocenters. The number of rotatable bonds is 9. The second-order valence-electron chi connectivity index (χ2n) is 6.58. The first-order valence-corrected chi connectivity index (χ1v) is 9.51. The molecule has 1 fully saturated rings. The van der Waals surface area contributed by atoms with Gasteiger partial charge in [0, 0.05) is 43.8 Å². The molecule has 1 N–H and O–H groups in total. The Morgan fingerprint density at radius 1 is 1.28 bits per heavy atom. The van der Waals surface area contributed by atoms with Crippen LogP contribution in [0.25, 0.3) is 0 Å². The number of nitrogens with zero attached hydrogens (tertiary/aromatic N) is 2. The van der Waals surface area contributed by atoms with Crippen LogP contribution in [0.4, 0.5) is 0 Å². The van der Waals surface area contributed by atoms with Crippen LogP contribution < -0.4 is 4.74 Å². The summed E-state index contributed by atoms with van der Waals surface area (Å²) in [7, 11) is 0. The molecule has 142 valence electrons. The van der Waals surface area contributed by atoms with Crippen molar-refractivity contribution in [2.45, 2.75) is 26.0 Å². The van der Waals surface area contributed by atoms with Crippen LogP contribution in [0.3, 0.4) is 0 Å². The average molecular weight is 391 g/mol. The first kappa shape index (κ1) is 20.7. The predicted molar refractivity (Wildman–Crippen MR) is 102 cm³/mol. The van der Waals surface area contributed by atoms with Gasteiger partial charge in [0.1, 0.15) is 18.5 Å². The van der Waals surface area contributed by atoms with Crippen LogP contribution >= 0.6 is 23.2 Å². The van der Waals surface area contributed by atoms with Gasteiger partial charge in [-0.05, 0) is 32.0 Å². The maximum Gasteiger partial charge on any atom is 0.138 e. The molecule has 0 spiro atoms. The van der Waals surface area contributed by atoms with Gasteiger partial charge in [-0.3, -0.25) is 9.80 Å². The molecule has 7 heteroatoms. The summed E-state index contributed by atoms with van der Waals surface area (Å²) in [5, 5.41) is 11.4. The summed E-state index contributed by atoms with van der Waals surface area (Å²) in [5.41, 5.74) is 0. The van der Waals surface area contributed by atoms with Crippen molar-refractivity contribution in [1.82, 2.24) is 9.80 Å². The molecule has 0 bridgehead atoms. The van der Waals surface area contributed by atoms with Crippen LogP contribution in [-0.4, -0.2) is 79.6 Å². The Hall–Kier alpha value is -0.560. The zero-order valence-electron chi connectivity index (χ0n) is 15.0. The quantitative estimate of drug-likeness (QED) is 0.702. The van der Waals surface area contributed by atoms with E-state index in [0.717, 1.165) is 39.4 Å². The lowest BCUT2D eigenvalue weighted by atomic mass is 10.2. The fourth-order valence-corrected chi connectivity index (χ4v) is 3.22. The van der Waals surface area contributed by atoms with Crippen LogP contribution in [0.5, 0.6) is 5.75 Å². The summed E-state index contributed by atoms with van der Waals surface area (Å²) in [6.45, 7) is 10.5. The highest BCUT2D eigenvalue weighted by Gasteiger charge is 2.18. The third-order valence-corrected chi connectivity index (χ3v) is 4.84. The van der Waals surface area contributed by atoms with Gasteiger partial charge in [0.05, 0.1) is 18.2 Å². The van der Waals surface area contributed by atoms with Crippen molar-refractivity contribution in [3.63, 3.8) is 0 Å². The molecular weight excluding hydrogens is 363 g/mol. The summed E-state index contributed by atoms with van der Waals surface area (Å²) in [5.74, 6) is 0.537. The molecule has 2 rings (SSSR count). The number of hydrogen-bond donors (Lipinski definition) is 1. The van der Waals surface area contributed by atoms with Crippen LogP contribution in [0.2, 0.25) is 10.0 Å². The van der Waals surface area contributed by atoms with E-state index in [-0.39, 0.29) is 6.61 Å². The third kappa shape index (κ3) is 7.29. The maximum absolute atomic E-state index is 10.3. The SMILES string of the molecule is CC(C)N(CCN1CCOCC1)CC(O)COc1ccc(Cl)cc1Cl. The van der Waals surface area contributed by atoms with Crippen molar-refractivity contribution in [3.05, 3.63) is 28.2 Å². The summed E-state index contributed by atoms with van der Waals surface area (Å²) in [6, 6.07) is 5.43. The highest BCUT2D eigenvalue weighted by atomic mass is 35.5. The van der Waals surface area contributed by atoms with Gasteiger partial charge >= 0.3 is 0 Å². The molecule has 1 heterocycles. The minimum atomic E-state index is -0.584. The number of aliphatic hydroxyl groups is 1. The lowest BCUT2D eigenvalue weighted by Crippen LogP contribution is -2.46. The van der Waals surface area contributed by atoms with Gasteiger partial charge in [-0.2, -0.15) is 0 Å². The Kier molecular flexibility index (Phi) is 8.76. The van der Waals surface area contributed by atoms with Crippen molar-refractivity contribution >= 4 is 23.2 Å². The highest BCUT2D eigenvalue weighted by molar-refractivity contribution is 6.35. The summed E-state index contributed by atoms with van der Waals surface area (Å²) < 4.78 is 11.0. The number of morpholine rings is 1. The Balaban J connectivity index is 1.77. The fraction of sp³-hybridized carbons (Fsp3) is 0.667. The minimum absolute atomic E-state index is 0.197. The molecule has 5 nitrogen and oxygen atoms in total. The van der Waals surface area contributed by atoms with E-state index in [1.165, 1.54) is 0 Å². The molecule has 0 saturated carbocycles. The van der Waals surface area contributed by atoms with Gasteiger partial charge in [-0.15, -0.1) is 0 Å². The van der Waals surface area contributed by atoms with E-state index in [9.17, 15) is 5.11 Å². The molecule has 1 unspecified atom stereocenters. The molecule has 0 aliphatic carbocycles. The zero-order valence-corrected chi connectivity index (χ0v) is 16.5. The topological polar surface area (TPSA) is 45.2 Å². The van der Waals surface area contributed by atoms with Crippen molar-refractivity contribution in [1.29, 1.82) is 0 Å². The lowest BCUT2D eigenvalue weighted by Gasteiger charge is -2.33. The Morgan fingerprint density at radius 2 is 2.00 bits per heavy atom. The van der Waals surface area contributed by atoms with E-state index in [1.54, 1.807) is 18.2 Å². The number of aliphatic hydroxyl groups excluding tert-OH is 1. The molecule has 0 aromatic heterocycles. The van der Waals surface area contributed by atoms with Crippen LogP contribution in [0.1, 0.15) is 13.8 Å². The van der Waals surface area contributed by atoms with Crippen LogP contribution in [0.15, 0.2) is 18.2 Å². The summed E-state index contributed by atoms with van der Waals surface area (Å²) in [6.07, 6.45) is -0.584. The second-order valence-corrected chi connectivity index (χ2v) is 7.43. The largest absolute Gasteiger partial charge is 0.489 e. The normalized spacial score (nSPS) is 17.2. The van der Waals surface area contributed by atoms with Gasteiger partial charge in [0.15, 0.2) is 0 Å². The van der Waals surface area contributed by atoms with E-state index >= 15 is 0 Å². The number of ether oxygens (including phenoxy) is 2. The Bertz CT molecular complexity index is 525. The second kappa shape index (κ2) is 10.6. The van der Waals surface area contributed by atoms with Gasteiger partial charge in [-0.25, -0.2) is 0 Å². The molecule has 25 heavy (non-hydrogen) atoms. The summed E-state index contributed by atoms with van der Waals surface area (Å²) >= 11 is 12.0. The van der Waals surface area contributed by atoms with Gasteiger partial charge < -0.3 is 14.6 Å². The molecule has 0 radical (unpaired) electrons. The fourth-order valence-electron chi connectivity index (χ4n) is 2.76. The molecule has 0 amide bonds. The van der Waals surface area contributed by atoms with Crippen molar-refractivity contribution < 1.29 is 14.6 Å². The molecular formula is C18H28Cl2N2O3. The summed E-state index contributed by atoms with van der Waals surface area (Å²) in [4.78, 5) is 4.67. The molecule has 1 aliphatic rings. The Labute approximate surface area is 160 Å². The van der Waals surface area contributed by atoms with Crippen LogP contribution in [-0.2, 0) is 4.74 Å². The van der Waals surface area contributed by atoms with Gasteiger partial charge in [0.25, 0.3) is 0 Å². The number of benzene rings is 1. The van der Waals surface area contributed by atoms with Crippen molar-refractivity contribution in [2.75, 3.05) is 52.5 Å².